The maximum Gasteiger partial charge on any atom is 0.340 e. The molecule has 2 N–H and O–H groups in total. The van der Waals surface area contributed by atoms with E-state index in [2.05, 4.69) is 23.9 Å². The zero-order valence-electron chi connectivity index (χ0n) is 11.9. The summed E-state index contributed by atoms with van der Waals surface area (Å²) in [6.07, 6.45) is 1.44. The summed E-state index contributed by atoms with van der Waals surface area (Å²) in [7, 11) is 0. The lowest BCUT2D eigenvalue weighted by molar-refractivity contribution is 0.0457. The topological polar surface area (TPSA) is 83.0 Å². The summed E-state index contributed by atoms with van der Waals surface area (Å²) in [4.78, 5) is 16.1. The Kier molecular flexibility index (Phi) is 4.80. The van der Waals surface area contributed by atoms with Crippen molar-refractivity contribution >= 4 is 23.3 Å². The molecule has 0 bridgehead atoms. The van der Waals surface area contributed by atoms with Crippen LogP contribution < -0.4 is 5.73 Å². The van der Waals surface area contributed by atoms with Crippen LogP contribution in [0.4, 0.5) is 5.69 Å². The quantitative estimate of drug-likeness (QED) is 0.678. The van der Waals surface area contributed by atoms with Gasteiger partial charge >= 0.3 is 5.97 Å². The van der Waals surface area contributed by atoms with Gasteiger partial charge in [0.05, 0.1) is 16.3 Å². The number of anilines is 1. The summed E-state index contributed by atoms with van der Waals surface area (Å²) < 4.78 is 6.95. The zero-order chi connectivity index (χ0) is 15.4. The third kappa shape index (κ3) is 3.72. The fourth-order valence-electron chi connectivity index (χ4n) is 1.82. The Bertz CT molecular complexity index is 640. The van der Waals surface area contributed by atoms with E-state index in [9.17, 15) is 4.79 Å². The van der Waals surface area contributed by atoms with Crippen LogP contribution in [-0.2, 0) is 17.9 Å². The molecule has 0 amide bonds. The Hall–Kier alpha value is -2.08. The number of rotatable bonds is 5. The number of benzene rings is 1. The zero-order valence-corrected chi connectivity index (χ0v) is 12.7. The summed E-state index contributed by atoms with van der Waals surface area (Å²) in [6.45, 7) is 4.90. The summed E-state index contributed by atoms with van der Waals surface area (Å²) >= 11 is 5.88. The van der Waals surface area contributed by atoms with E-state index in [0.29, 0.717) is 23.3 Å². The first-order valence-electron chi connectivity index (χ1n) is 6.56. The molecule has 1 aromatic heterocycles. The van der Waals surface area contributed by atoms with Crippen molar-refractivity contribution in [1.82, 2.24) is 14.8 Å². The molecule has 0 radical (unpaired) electrons. The first-order chi connectivity index (χ1) is 9.99. The number of carbonyl (C=O) groups is 1. The van der Waals surface area contributed by atoms with Crippen molar-refractivity contribution in [2.24, 2.45) is 5.92 Å². The van der Waals surface area contributed by atoms with Crippen LogP contribution in [0.25, 0.3) is 0 Å². The van der Waals surface area contributed by atoms with Gasteiger partial charge in [0, 0.05) is 6.54 Å². The van der Waals surface area contributed by atoms with E-state index in [1.54, 1.807) is 22.9 Å². The summed E-state index contributed by atoms with van der Waals surface area (Å²) in [5.74, 6) is 0.483. The van der Waals surface area contributed by atoms with Gasteiger partial charge in [-0.2, -0.15) is 5.10 Å². The minimum atomic E-state index is -0.533. The molecular weight excluding hydrogens is 292 g/mol. The molecule has 6 nitrogen and oxygen atoms in total. The number of hydrogen-bond donors (Lipinski definition) is 1. The fraction of sp³-hybridized carbons (Fsp3) is 0.357. The van der Waals surface area contributed by atoms with Crippen LogP contribution in [0.2, 0.25) is 5.02 Å². The highest BCUT2D eigenvalue weighted by Crippen LogP contribution is 2.23. The van der Waals surface area contributed by atoms with Crippen LogP contribution in [0.3, 0.4) is 0 Å². The van der Waals surface area contributed by atoms with E-state index < -0.39 is 5.97 Å². The molecule has 0 saturated carbocycles. The molecule has 0 atom stereocenters. The maximum absolute atomic E-state index is 12.0. The largest absolute Gasteiger partial charge is 0.454 e. The highest BCUT2D eigenvalue weighted by molar-refractivity contribution is 6.33. The minimum Gasteiger partial charge on any atom is -0.454 e. The van der Waals surface area contributed by atoms with Gasteiger partial charge in [-0.1, -0.05) is 31.5 Å². The third-order valence-corrected chi connectivity index (χ3v) is 3.17. The molecule has 0 fully saturated rings. The number of halogens is 1. The normalized spacial score (nSPS) is 10.9. The van der Waals surface area contributed by atoms with Crippen LogP contribution >= 0.6 is 11.6 Å². The van der Waals surface area contributed by atoms with Gasteiger partial charge in [-0.25, -0.2) is 14.5 Å². The molecule has 0 aliphatic heterocycles. The van der Waals surface area contributed by atoms with Gasteiger partial charge in [0.15, 0.2) is 12.4 Å². The molecule has 0 spiro atoms. The number of nitrogens with two attached hydrogens (primary N) is 1. The van der Waals surface area contributed by atoms with Crippen molar-refractivity contribution in [2.75, 3.05) is 5.73 Å². The number of aromatic nitrogens is 3. The second-order valence-corrected chi connectivity index (χ2v) is 5.44. The Labute approximate surface area is 127 Å². The van der Waals surface area contributed by atoms with Gasteiger partial charge < -0.3 is 10.5 Å². The second-order valence-electron chi connectivity index (χ2n) is 5.03. The smallest absolute Gasteiger partial charge is 0.340 e. The van der Waals surface area contributed by atoms with E-state index >= 15 is 0 Å². The predicted octanol–water partition coefficient (Wildman–Crippen LogP) is 2.53. The third-order valence-electron chi connectivity index (χ3n) is 2.84. The van der Waals surface area contributed by atoms with E-state index in [4.69, 9.17) is 22.1 Å². The Balaban J connectivity index is 2.05. The number of hydrogen-bond acceptors (Lipinski definition) is 5. The van der Waals surface area contributed by atoms with Crippen molar-refractivity contribution in [3.8, 4) is 0 Å². The van der Waals surface area contributed by atoms with Gasteiger partial charge in [-0.15, -0.1) is 0 Å². The van der Waals surface area contributed by atoms with Gasteiger partial charge in [-0.05, 0) is 18.1 Å². The molecule has 0 aliphatic carbocycles. The van der Waals surface area contributed by atoms with Crippen LogP contribution in [0, 0.1) is 5.92 Å². The molecule has 21 heavy (non-hydrogen) atoms. The molecule has 112 valence electrons. The average Bonchev–Trinajstić information content (AvgIpc) is 2.85. The number of nitrogens with zero attached hydrogens (tertiary/aromatic N) is 3. The van der Waals surface area contributed by atoms with E-state index in [1.165, 1.54) is 6.33 Å². The lowest BCUT2D eigenvalue weighted by Crippen LogP contribution is -2.14. The molecule has 7 heteroatoms. The Morgan fingerprint density at radius 1 is 1.48 bits per heavy atom. The molecule has 0 unspecified atom stereocenters. The van der Waals surface area contributed by atoms with Gasteiger partial charge in [0.2, 0.25) is 0 Å². The Morgan fingerprint density at radius 2 is 2.24 bits per heavy atom. The molecule has 2 aromatic rings. The SMILES string of the molecule is CC(C)Cn1ncnc1COC(=O)c1cccc(Cl)c1N. The van der Waals surface area contributed by atoms with Crippen molar-refractivity contribution in [3.05, 3.63) is 40.9 Å². The molecule has 2 rings (SSSR count). The summed E-state index contributed by atoms with van der Waals surface area (Å²) in [5, 5.41) is 4.43. The first-order valence-corrected chi connectivity index (χ1v) is 6.94. The van der Waals surface area contributed by atoms with Gasteiger partial charge in [0.25, 0.3) is 0 Å². The second kappa shape index (κ2) is 6.58. The number of esters is 1. The van der Waals surface area contributed by atoms with E-state index in [1.807, 2.05) is 0 Å². The molecule has 1 aromatic carbocycles. The lowest BCUT2D eigenvalue weighted by Gasteiger charge is -2.10. The number of ether oxygens (including phenoxy) is 1. The highest BCUT2D eigenvalue weighted by Gasteiger charge is 2.15. The fourth-order valence-corrected chi connectivity index (χ4v) is 2.00. The van der Waals surface area contributed by atoms with Crippen molar-refractivity contribution in [3.63, 3.8) is 0 Å². The molecule has 0 aliphatic rings. The number of para-hydroxylation sites is 1. The predicted molar refractivity (Wildman–Crippen MR) is 79.8 cm³/mol. The first kappa shape index (κ1) is 15.3. The number of nitrogen functional groups attached to an aromatic ring is 1. The lowest BCUT2D eigenvalue weighted by atomic mass is 10.2. The molecule has 1 heterocycles. The minimum absolute atomic E-state index is 0.0392. The average molecular weight is 309 g/mol. The van der Waals surface area contributed by atoms with Crippen LogP contribution in [0.5, 0.6) is 0 Å². The summed E-state index contributed by atoms with van der Waals surface area (Å²) in [6, 6.07) is 4.84. The standard InChI is InChI=1S/C14H17ClN4O2/c1-9(2)6-19-12(17-8-18-19)7-21-14(20)10-4-3-5-11(15)13(10)16/h3-5,8-9H,6-7,16H2,1-2H3. The number of carbonyl (C=O) groups excluding carboxylic acids is 1. The monoisotopic (exact) mass is 308 g/mol. The highest BCUT2D eigenvalue weighted by atomic mass is 35.5. The van der Waals surface area contributed by atoms with Crippen LogP contribution in [0.15, 0.2) is 24.5 Å². The van der Waals surface area contributed by atoms with E-state index in [-0.39, 0.29) is 17.9 Å². The van der Waals surface area contributed by atoms with Gasteiger partial charge in [0.1, 0.15) is 6.33 Å². The van der Waals surface area contributed by atoms with Crippen molar-refractivity contribution in [1.29, 1.82) is 0 Å². The van der Waals surface area contributed by atoms with Crippen LogP contribution in [0.1, 0.15) is 30.0 Å². The summed E-state index contributed by atoms with van der Waals surface area (Å²) in [5.41, 5.74) is 6.23. The van der Waals surface area contributed by atoms with E-state index in [0.717, 1.165) is 0 Å². The molecular formula is C14H17ClN4O2. The van der Waals surface area contributed by atoms with Crippen molar-refractivity contribution < 1.29 is 9.53 Å². The van der Waals surface area contributed by atoms with Gasteiger partial charge in [-0.3, -0.25) is 0 Å². The van der Waals surface area contributed by atoms with Crippen LogP contribution in [-0.4, -0.2) is 20.7 Å². The van der Waals surface area contributed by atoms with Crippen molar-refractivity contribution in [2.45, 2.75) is 27.0 Å². The molecule has 0 saturated heterocycles. The maximum atomic E-state index is 12.0. The Morgan fingerprint density at radius 3 is 2.95 bits per heavy atom.